The second-order valence-electron chi connectivity index (χ2n) is 3.74. The number of halogens is 4. The number of ether oxygens (including phenoxy) is 2. The van der Waals surface area contributed by atoms with E-state index in [-0.39, 0.29) is 17.7 Å². The first-order chi connectivity index (χ1) is 10.4. The lowest BCUT2D eigenvalue weighted by molar-refractivity contribution is -0.136. The van der Waals surface area contributed by atoms with Crippen LogP contribution >= 0.6 is 11.6 Å². The number of azide groups is 1. The molecule has 0 saturated carbocycles. The molecule has 0 atom stereocenters. The molecule has 0 spiro atoms. The molecular weight excluding hydrogens is 327 g/mol. The number of rotatable bonds is 6. The van der Waals surface area contributed by atoms with Crippen molar-refractivity contribution in [1.82, 2.24) is 0 Å². The van der Waals surface area contributed by atoms with Crippen molar-refractivity contribution < 1.29 is 27.4 Å². The first-order valence-electron chi connectivity index (χ1n) is 5.62. The van der Waals surface area contributed by atoms with Crippen LogP contribution in [0.5, 0.6) is 5.75 Å². The van der Waals surface area contributed by atoms with E-state index < -0.39 is 29.2 Å². The van der Waals surface area contributed by atoms with Crippen molar-refractivity contribution in [3.8, 4) is 5.75 Å². The zero-order valence-corrected chi connectivity index (χ0v) is 11.9. The lowest BCUT2D eigenvalue weighted by atomic mass is 10.1. The number of carbonyl (C=O) groups excluding carboxylic acids is 1. The molecule has 0 aliphatic heterocycles. The van der Waals surface area contributed by atoms with Crippen LogP contribution in [0.1, 0.15) is 5.56 Å². The van der Waals surface area contributed by atoms with Gasteiger partial charge in [0.15, 0.2) is 11.6 Å². The molecule has 0 unspecified atom stereocenters. The van der Waals surface area contributed by atoms with Crippen LogP contribution in [0.25, 0.3) is 16.5 Å². The topological polar surface area (TPSA) is 84.3 Å². The molecule has 1 aromatic rings. The molecule has 22 heavy (non-hydrogen) atoms. The van der Waals surface area contributed by atoms with Crippen LogP contribution < -0.4 is 4.74 Å². The maximum absolute atomic E-state index is 13.7. The molecule has 0 amide bonds. The van der Waals surface area contributed by atoms with Gasteiger partial charge in [0.1, 0.15) is 0 Å². The highest BCUT2D eigenvalue weighted by Crippen LogP contribution is 2.31. The zero-order chi connectivity index (χ0) is 16.7. The average molecular weight is 336 g/mol. The summed E-state index contributed by atoms with van der Waals surface area (Å²) in [5.74, 6) is -2.73. The molecule has 1 aromatic carbocycles. The highest BCUT2D eigenvalue weighted by molar-refractivity contribution is 6.32. The van der Waals surface area contributed by atoms with E-state index in [9.17, 15) is 18.0 Å². The molecule has 1 rings (SSSR count). The van der Waals surface area contributed by atoms with E-state index in [1.54, 1.807) is 0 Å². The molecule has 0 aliphatic rings. The summed E-state index contributed by atoms with van der Waals surface area (Å²) in [5, 5.41) is 2.80. The number of esters is 1. The van der Waals surface area contributed by atoms with E-state index in [4.69, 9.17) is 17.1 Å². The maximum Gasteiger partial charge on any atom is 0.387 e. The molecule has 0 saturated heterocycles. The monoisotopic (exact) mass is 335 g/mol. The molecular formula is C12H9ClF3N3O3. The highest BCUT2D eigenvalue weighted by atomic mass is 35.5. The lowest BCUT2D eigenvalue weighted by Gasteiger charge is -2.09. The van der Waals surface area contributed by atoms with Gasteiger partial charge in [0, 0.05) is 10.5 Å². The Kier molecular flexibility index (Phi) is 6.55. The van der Waals surface area contributed by atoms with Gasteiger partial charge in [-0.3, -0.25) is 0 Å². The number of carbonyl (C=O) groups is 1. The minimum Gasteiger partial charge on any atom is -0.466 e. The third kappa shape index (κ3) is 4.87. The average Bonchev–Trinajstić information content (AvgIpc) is 2.46. The standard InChI is InChI=1S/C12H9ClF3N3O3/c1-21-11(20)7(5-18-19-17)2-6-3-8(13)10(9(14)4-6)22-12(15)16/h2-4,12H,5H2,1H3/b7-2+. The molecule has 10 heteroatoms. The maximum atomic E-state index is 13.7. The summed E-state index contributed by atoms with van der Waals surface area (Å²) < 4.78 is 46.3. The normalized spacial score (nSPS) is 11.1. The Morgan fingerprint density at radius 2 is 2.23 bits per heavy atom. The zero-order valence-electron chi connectivity index (χ0n) is 11.1. The van der Waals surface area contributed by atoms with Crippen molar-refractivity contribution in [3.63, 3.8) is 0 Å². The molecule has 6 nitrogen and oxygen atoms in total. The van der Waals surface area contributed by atoms with Crippen molar-refractivity contribution in [2.24, 2.45) is 5.11 Å². The summed E-state index contributed by atoms with van der Waals surface area (Å²) in [6.45, 7) is -3.57. The van der Waals surface area contributed by atoms with Gasteiger partial charge in [0.2, 0.25) is 0 Å². The third-order valence-electron chi connectivity index (χ3n) is 2.32. The van der Waals surface area contributed by atoms with Gasteiger partial charge in [-0.15, -0.1) is 0 Å². The number of hydrogen-bond donors (Lipinski definition) is 0. The van der Waals surface area contributed by atoms with Gasteiger partial charge < -0.3 is 9.47 Å². The summed E-state index contributed by atoms with van der Waals surface area (Å²) >= 11 is 5.65. The van der Waals surface area contributed by atoms with Gasteiger partial charge in [-0.05, 0) is 29.3 Å². The largest absolute Gasteiger partial charge is 0.466 e. The van der Waals surface area contributed by atoms with Gasteiger partial charge >= 0.3 is 12.6 Å². The van der Waals surface area contributed by atoms with Crippen molar-refractivity contribution in [2.45, 2.75) is 6.61 Å². The number of alkyl halides is 2. The molecule has 0 aliphatic carbocycles. The first kappa shape index (κ1) is 17.7. The van der Waals surface area contributed by atoms with Gasteiger partial charge in [-0.2, -0.15) is 8.78 Å². The minimum absolute atomic E-state index is 0.0710. The van der Waals surface area contributed by atoms with Crippen LogP contribution in [-0.4, -0.2) is 26.2 Å². The van der Waals surface area contributed by atoms with Gasteiger partial charge in [0.25, 0.3) is 0 Å². The van der Waals surface area contributed by atoms with Crippen molar-refractivity contribution in [3.05, 3.63) is 44.6 Å². The van der Waals surface area contributed by atoms with E-state index >= 15 is 0 Å². The van der Waals surface area contributed by atoms with Crippen molar-refractivity contribution in [1.29, 1.82) is 0 Å². The summed E-state index contributed by atoms with van der Waals surface area (Å²) in [5.41, 5.74) is 8.26. The summed E-state index contributed by atoms with van der Waals surface area (Å²) in [7, 11) is 1.11. The SMILES string of the molecule is COC(=O)/C(=C/c1cc(F)c(OC(F)F)c(Cl)c1)CN=[N+]=[N-]. The molecule has 0 aromatic heterocycles. The molecule has 0 heterocycles. The van der Waals surface area contributed by atoms with E-state index in [0.29, 0.717) is 0 Å². The molecule has 0 radical (unpaired) electrons. The number of nitrogens with zero attached hydrogens (tertiary/aromatic N) is 3. The van der Waals surface area contributed by atoms with Crippen LogP contribution in [0.4, 0.5) is 13.2 Å². The quantitative estimate of drug-likeness (QED) is 0.259. The second kappa shape index (κ2) is 8.16. The smallest absolute Gasteiger partial charge is 0.387 e. The van der Waals surface area contributed by atoms with Crippen LogP contribution in [0, 0.1) is 5.82 Å². The minimum atomic E-state index is -3.23. The molecule has 0 bridgehead atoms. The highest BCUT2D eigenvalue weighted by Gasteiger charge is 2.16. The van der Waals surface area contributed by atoms with Gasteiger partial charge in [0.05, 0.1) is 18.7 Å². The second-order valence-corrected chi connectivity index (χ2v) is 4.15. The van der Waals surface area contributed by atoms with Gasteiger partial charge in [-0.1, -0.05) is 16.7 Å². The van der Waals surface area contributed by atoms with E-state index in [2.05, 4.69) is 19.5 Å². The van der Waals surface area contributed by atoms with E-state index in [1.807, 2.05) is 0 Å². The summed E-state index contributed by atoms with van der Waals surface area (Å²) in [6.07, 6.45) is 1.15. The Bertz CT molecular complexity index is 623. The van der Waals surface area contributed by atoms with Crippen LogP contribution in [-0.2, 0) is 9.53 Å². The van der Waals surface area contributed by atoms with Gasteiger partial charge in [-0.25, -0.2) is 9.18 Å². The number of benzene rings is 1. The fraction of sp³-hybridized carbons (Fsp3) is 0.250. The van der Waals surface area contributed by atoms with Crippen LogP contribution in [0.3, 0.4) is 0 Å². The first-order valence-corrected chi connectivity index (χ1v) is 6.00. The third-order valence-corrected chi connectivity index (χ3v) is 2.60. The van der Waals surface area contributed by atoms with E-state index in [0.717, 1.165) is 25.3 Å². The lowest BCUT2D eigenvalue weighted by Crippen LogP contribution is -2.07. The Morgan fingerprint density at radius 3 is 2.73 bits per heavy atom. The Balaban J connectivity index is 3.21. The Morgan fingerprint density at radius 1 is 1.55 bits per heavy atom. The fourth-order valence-corrected chi connectivity index (χ4v) is 1.73. The molecule has 0 N–H and O–H groups in total. The van der Waals surface area contributed by atoms with E-state index in [1.165, 1.54) is 0 Å². The fourth-order valence-electron chi connectivity index (χ4n) is 1.47. The van der Waals surface area contributed by atoms with Crippen molar-refractivity contribution in [2.75, 3.05) is 13.7 Å². The predicted molar refractivity (Wildman–Crippen MR) is 72.0 cm³/mol. The number of methoxy groups -OCH3 is 1. The predicted octanol–water partition coefficient (Wildman–Crippen LogP) is 3.95. The van der Waals surface area contributed by atoms with Crippen LogP contribution in [0.15, 0.2) is 22.8 Å². The Labute approximate surface area is 127 Å². The summed E-state index contributed by atoms with van der Waals surface area (Å²) in [6, 6.07) is 1.95. The molecule has 0 fully saturated rings. The van der Waals surface area contributed by atoms with Crippen LogP contribution in [0.2, 0.25) is 5.02 Å². The van der Waals surface area contributed by atoms with Crippen molar-refractivity contribution >= 4 is 23.6 Å². The Hall–Kier alpha value is -2.38. The number of hydrogen-bond acceptors (Lipinski definition) is 4. The summed E-state index contributed by atoms with van der Waals surface area (Å²) in [4.78, 5) is 14.0. The molecule has 118 valence electrons.